The Morgan fingerprint density at radius 1 is 0.165 bits per heavy atom. The first-order valence-corrected chi connectivity index (χ1v) is 32.6. The maximum atomic E-state index is 7.14. The lowest BCUT2D eigenvalue weighted by Crippen LogP contribution is -1.96. The van der Waals surface area contributed by atoms with Crippen LogP contribution in [0.15, 0.2) is 371 Å². The standard InChI is InChI=1S/C91H61N5O/c1-3-23-62(24-4-1)64-27-19-29-66(53-64)85-59-69(88-40-14-17-49-93-88)42-45-82(85)79-36-10-7-33-76(79)72-55-73(77-34-8-11-37-80(77)83-46-43-70(89-41-15-18-50-94-89)60-86(83)67-30-20-28-65(54-67)63-25-5-2-6-26-63)57-74(56-72)78-35-9-12-38-81(78)84-47-44-71(91-95-51-22-52-96-91)61-90(84)97-75-32-21-31-68(58-75)87-39-13-16-48-92-87/h1-61H. The molecule has 0 amide bonds. The molecule has 4 heterocycles. The van der Waals surface area contributed by atoms with Gasteiger partial charge in [0.25, 0.3) is 0 Å². The van der Waals surface area contributed by atoms with E-state index in [1.54, 1.807) is 12.4 Å². The highest BCUT2D eigenvalue weighted by Crippen LogP contribution is 2.48. The van der Waals surface area contributed by atoms with Crippen molar-refractivity contribution in [3.05, 3.63) is 371 Å². The van der Waals surface area contributed by atoms with Gasteiger partial charge in [-0.25, -0.2) is 9.97 Å². The second kappa shape index (κ2) is 26.9. The lowest BCUT2D eigenvalue weighted by atomic mass is 9.83. The van der Waals surface area contributed by atoms with Crippen LogP contribution in [-0.2, 0) is 0 Å². The normalized spacial score (nSPS) is 11.1. The third-order valence-corrected chi connectivity index (χ3v) is 17.9. The van der Waals surface area contributed by atoms with E-state index < -0.39 is 0 Å². The molecule has 0 aliphatic rings. The first-order chi connectivity index (χ1) is 48.1. The van der Waals surface area contributed by atoms with Crippen molar-refractivity contribution < 1.29 is 4.74 Å². The highest BCUT2D eigenvalue weighted by molar-refractivity contribution is 6.00. The van der Waals surface area contributed by atoms with Gasteiger partial charge in [0.15, 0.2) is 5.82 Å². The van der Waals surface area contributed by atoms with Gasteiger partial charge in [-0.3, -0.25) is 15.0 Å². The molecule has 0 unspecified atom stereocenters. The number of nitrogens with zero attached hydrogens (tertiary/aromatic N) is 5. The van der Waals surface area contributed by atoms with Crippen LogP contribution in [0, 0.1) is 0 Å². The largest absolute Gasteiger partial charge is 0.457 e. The molecular formula is C91H61N5O. The highest BCUT2D eigenvalue weighted by Gasteiger charge is 2.23. The van der Waals surface area contributed by atoms with Gasteiger partial charge in [-0.1, -0.05) is 231 Å². The summed E-state index contributed by atoms with van der Waals surface area (Å²) < 4.78 is 7.14. The van der Waals surface area contributed by atoms with Gasteiger partial charge in [-0.15, -0.1) is 0 Å². The van der Waals surface area contributed by atoms with E-state index in [0.29, 0.717) is 17.3 Å². The minimum absolute atomic E-state index is 0.598. The smallest absolute Gasteiger partial charge is 0.159 e. The zero-order chi connectivity index (χ0) is 64.7. The average Bonchev–Trinajstić information content (AvgIpc) is 0.782. The van der Waals surface area contributed by atoms with Crippen LogP contribution in [0.1, 0.15) is 0 Å². The van der Waals surface area contributed by atoms with Gasteiger partial charge in [-0.05, 0) is 215 Å². The minimum atomic E-state index is 0.598. The first-order valence-electron chi connectivity index (χ1n) is 32.6. The van der Waals surface area contributed by atoms with Crippen molar-refractivity contribution in [3.8, 4) is 168 Å². The second-order valence-electron chi connectivity index (χ2n) is 23.9. The van der Waals surface area contributed by atoms with Gasteiger partial charge in [0.05, 0.1) is 17.1 Å². The van der Waals surface area contributed by atoms with Gasteiger partial charge >= 0.3 is 0 Å². The van der Waals surface area contributed by atoms with E-state index in [-0.39, 0.29) is 0 Å². The Balaban J connectivity index is 0.915. The molecular weight excluding hydrogens is 1180 g/mol. The zero-order valence-corrected chi connectivity index (χ0v) is 52.9. The molecule has 6 nitrogen and oxygen atoms in total. The molecule has 0 fully saturated rings. The lowest BCUT2D eigenvalue weighted by molar-refractivity contribution is 0.485. The van der Waals surface area contributed by atoms with Crippen LogP contribution in [0.5, 0.6) is 11.5 Å². The molecule has 4 aromatic heterocycles. The summed E-state index contributed by atoms with van der Waals surface area (Å²) in [6, 6.07) is 121. The molecule has 16 aromatic rings. The summed E-state index contributed by atoms with van der Waals surface area (Å²) in [4.78, 5) is 23.8. The first kappa shape index (κ1) is 59.0. The zero-order valence-electron chi connectivity index (χ0n) is 52.9. The molecule has 0 bridgehead atoms. The fourth-order valence-electron chi connectivity index (χ4n) is 13.2. The number of aromatic nitrogens is 5. The van der Waals surface area contributed by atoms with Crippen LogP contribution in [0.4, 0.5) is 0 Å². The van der Waals surface area contributed by atoms with Crippen molar-refractivity contribution in [1.82, 2.24) is 24.9 Å². The number of benzene rings is 12. The monoisotopic (exact) mass is 1240 g/mol. The number of hydrogen-bond acceptors (Lipinski definition) is 6. The minimum Gasteiger partial charge on any atom is -0.457 e. The molecule has 16 rings (SSSR count). The summed E-state index contributed by atoms with van der Waals surface area (Å²) in [5.41, 5.74) is 28.1. The van der Waals surface area contributed by atoms with Crippen LogP contribution >= 0.6 is 0 Å². The van der Waals surface area contributed by atoms with Crippen molar-refractivity contribution in [1.29, 1.82) is 0 Å². The van der Waals surface area contributed by atoms with Gasteiger partial charge in [0, 0.05) is 58.8 Å². The third-order valence-electron chi connectivity index (χ3n) is 17.9. The molecule has 456 valence electrons. The van der Waals surface area contributed by atoms with Crippen molar-refractivity contribution in [3.63, 3.8) is 0 Å². The maximum Gasteiger partial charge on any atom is 0.159 e. The van der Waals surface area contributed by atoms with Gasteiger partial charge in [0.2, 0.25) is 0 Å². The molecule has 12 aromatic carbocycles. The molecule has 0 saturated carbocycles. The number of rotatable bonds is 16. The summed E-state index contributed by atoms with van der Waals surface area (Å²) >= 11 is 0. The van der Waals surface area contributed by atoms with Crippen molar-refractivity contribution in [2.45, 2.75) is 0 Å². The Hall–Kier alpha value is -13.0. The van der Waals surface area contributed by atoms with E-state index in [4.69, 9.17) is 14.7 Å². The lowest BCUT2D eigenvalue weighted by Gasteiger charge is -2.21. The van der Waals surface area contributed by atoms with Crippen LogP contribution in [-0.4, -0.2) is 24.9 Å². The molecule has 0 N–H and O–H groups in total. The van der Waals surface area contributed by atoms with E-state index in [0.717, 1.165) is 151 Å². The van der Waals surface area contributed by atoms with Crippen LogP contribution in [0.25, 0.3) is 156 Å². The molecule has 97 heavy (non-hydrogen) atoms. The molecule has 0 radical (unpaired) electrons. The van der Waals surface area contributed by atoms with E-state index in [9.17, 15) is 0 Å². The van der Waals surface area contributed by atoms with Crippen LogP contribution in [0.3, 0.4) is 0 Å². The van der Waals surface area contributed by atoms with E-state index in [2.05, 4.69) is 300 Å². The summed E-state index contributed by atoms with van der Waals surface area (Å²) in [6.07, 6.45) is 9.08. The van der Waals surface area contributed by atoms with E-state index in [1.165, 1.54) is 0 Å². The van der Waals surface area contributed by atoms with Crippen LogP contribution < -0.4 is 4.74 Å². The Labute approximate surface area is 564 Å². The molecule has 0 saturated heterocycles. The Kier molecular flexibility index (Phi) is 16.4. The Bertz CT molecular complexity index is 5240. The molecule has 0 aliphatic carbocycles. The van der Waals surface area contributed by atoms with Gasteiger partial charge in [0.1, 0.15) is 11.5 Å². The topological polar surface area (TPSA) is 73.7 Å². The summed E-state index contributed by atoms with van der Waals surface area (Å²) in [5.74, 6) is 1.92. The fraction of sp³-hybridized carbons (Fsp3) is 0. The Morgan fingerprint density at radius 3 is 0.969 bits per heavy atom. The van der Waals surface area contributed by atoms with Crippen molar-refractivity contribution >= 4 is 0 Å². The van der Waals surface area contributed by atoms with Crippen molar-refractivity contribution in [2.24, 2.45) is 0 Å². The Morgan fingerprint density at radius 2 is 0.505 bits per heavy atom. The number of hydrogen-bond donors (Lipinski definition) is 0. The van der Waals surface area contributed by atoms with E-state index in [1.807, 2.05) is 73.2 Å². The van der Waals surface area contributed by atoms with Crippen molar-refractivity contribution in [2.75, 3.05) is 0 Å². The molecule has 0 atom stereocenters. The number of ether oxygens (including phenoxy) is 1. The molecule has 6 heteroatoms. The molecule has 0 aliphatic heterocycles. The summed E-state index contributed by atoms with van der Waals surface area (Å²) in [7, 11) is 0. The average molecular weight is 1240 g/mol. The second-order valence-corrected chi connectivity index (χ2v) is 23.9. The SMILES string of the molecule is c1ccc(-c2cccc(-c3cc(-c4ccccn4)ccc3-c3ccccc3-c3cc(-c4ccccc4-c4ccc(-c5ncccn5)cc4Oc4cccc(-c5ccccn5)c4)cc(-c4ccccc4-c4ccc(-c5ccccn5)cc4-c4cccc(-c5ccccc5)c4)c3)c2)cc1. The fourth-order valence-corrected chi connectivity index (χ4v) is 13.2. The highest BCUT2D eigenvalue weighted by atomic mass is 16.5. The molecule has 0 spiro atoms. The predicted molar refractivity (Wildman–Crippen MR) is 398 cm³/mol. The summed E-state index contributed by atoms with van der Waals surface area (Å²) in [6.45, 7) is 0. The summed E-state index contributed by atoms with van der Waals surface area (Å²) in [5, 5.41) is 0. The maximum absolute atomic E-state index is 7.14. The van der Waals surface area contributed by atoms with Crippen LogP contribution in [0.2, 0.25) is 0 Å². The number of pyridine rings is 3. The predicted octanol–water partition coefficient (Wildman–Crippen LogP) is 23.8. The van der Waals surface area contributed by atoms with Gasteiger partial charge < -0.3 is 4.74 Å². The van der Waals surface area contributed by atoms with E-state index >= 15 is 0 Å². The van der Waals surface area contributed by atoms with Gasteiger partial charge in [-0.2, -0.15) is 0 Å². The third kappa shape index (κ3) is 12.5. The quantitative estimate of drug-likeness (QED) is 0.0960.